The Kier molecular flexibility index (Phi) is 6.36. The first kappa shape index (κ1) is 19.9. The van der Waals surface area contributed by atoms with Crippen molar-refractivity contribution in [2.45, 2.75) is 18.9 Å². The third-order valence-electron chi connectivity index (χ3n) is 4.84. The molecule has 0 radical (unpaired) electrons. The van der Waals surface area contributed by atoms with Gasteiger partial charge in [0.25, 0.3) is 0 Å². The largest absolute Gasteiger partial charge is 0.494 e. The van der Waals surface area contributed by atoms with Gasteiger partial charge >= 0.3 is 0 Å². The van der Waals surface area contributed by atoms with Crippen molar-refractivity contribution in [1.82, 2.24) is 10.2 Å². The average Bonchev–Trinajstić information content (AvgIpc) is 2.71. The molecule has 2 aromatic rings. The molecule has 1 atom stereocenters. The van der Waals surface area contributed by atoms with Gasteiger partial charge in [0.1, 0.15) is 5.82 Å². The van der Waals surface area contributed by atoms with Crippen molar-refractivity contribution in [2.24, 2.45) is 0 Å². The van der Waals surface area contributed by atoms with E-state index in [2.05, 4.69) is 5.32 Å². The second-order valence-electron chi connectivity index (χ2n) is 6.63. The summed E-state index contributed by atoms with van der Waals surface area (Å²) >= 11 is 0. The maximum Gasteiger partial charge on any atom is 0.223 e. The standard InChI is InChI=1S/C21H22F2N2O3/c1-28-20-7-5-15(12-17(20)23)19(26)6-8-21(27)25-10-9-24-13-18(25)14-3-2-4-16(22)11-14/h2-5,7,11-12,18,24H,6,8-10,13H2,1H3. The first-order valence-electron chi connectivity index (χ1n) is 9.12. The maximum atomic E-state index is 13.8. The first-order chi connectivity index (χ1) is 13.5. The quantitative estimate of drug-likeness (QED) is 0.773. The molecular weight excluding hydrogens is 366 g/mol. The highest BCUT2D eigenvalue weighted by Gasteiger charge is 2.28. The number of carbonyl (C=O) groups excluding carboxylic acids is 2. The molecule has 5 nitrogen and oxygen atoms in total. The SMILES string of the molecule is COc1ccc(C(=O)CCC(=O)N2CCNCC2c2cccc(F)c2)cc1F. The van der Waals surface area contributed by atoms with Crippen molar-refractivity contribution in [3.8, 4) is 5.75 Å². The van der Waals surface area contributed by atoms with E-state index in [1.807, 2.05) is 0 Å². The van der Waals surface area contributed by atoms with Crippen LogP contribution in [-0.4, -0.2) is 43.3 Å². The molecule has 1 N–H and O–H groups in total. The van der Waals surface area contributed by atoms with Gasteiger partial charge in [0, 0.05) is 38.0 Å². The lowest BCUT2D eigenvalue weighted by Crippen LogP contribution is -2.48. The molecule has 28 heavy (non-hydrogen) atoms. The zero-order valence-corrected chi connectivity index (χ0v) is 15.6. The lowest BCUT2D eigenvalue weighted by molar-refractivity contribution is -0.134. The summed E-state index contributed by atoms with van der Waals surface area (Å²) in [6, 6.07) is 9.88. The third-order valence-corrected chi connectivity index (χ3v) is 4.84. The highest BCUT2D eigenvalue weighted by atomic mass is 19.1. The zero-order chi connectivity index (χ0) is 20.1. The molecule has 0 aromatic heterocycles. The minimum absolute atomic E-state index is 0.0122. The topological polar surface area (TPSA) is 58.6 Å². The Hall–Kier alpha value is -2.80. The highest BCUT2D eigenvalue weighted by Crippen LogP contribution is 2.24. The fourth-order valence-electron chi connectivity index (χ4n) is 3.36. The van der Waals surface area contributed by atoms with Gasteiger partial charge in [-0.2, -0.15) is 0 Å². The summed E-state index contributed by atoms with van der Waals surface area (Å²) in [5.74, 6) is -1.41. The van der Waals surface area contributed by atoms with Gasteiger partial charge in [0.2, 0.25) is 5.91 Å². The number of methoxy groups -OCH3 is 1. The number of piperazine rings is 1. The van der Waals surface area contributed by atoms with Crippen molar-refractivity contribution in [1.29, 1.82) is 0 Å². The van der Waals surface area contributed by atoms with E-state index in [9.17, 15) is 18.4 Å². The minimum atomic E-state index is -0.618. The lowest BCUT2D eigenvalue weighted by atomic mass is 10.0. The predicted octanol–water partition coefficient (Wildman–Crippen LogP) is 3.11. The van der Waals surface area contributed by atoms with Gasteiger partial charge in [-0.15, -0.1) is 0 Å². The molecule has 1 unspecified atom stereocenters. The normalized spacial score (nSPS) is 16.7. The fourth-order valence-corrected chi connectivity index (χ4v) is 3.36. The number of nitrogens with zero attached hydrogens (tertiary/aromatic N) is 1. The first-order valence-corrected chi connectivity index (χ1v) is 9.12. The number of ether oxygens (including phenoxy) is 1. The van der Waals surface area contributed by atoms with Crippen LogP contribution in [0.4, 0.5) is 8.78 Å². The number of Topliss-reactive ketones (excluding diaryl/α,β-unsaturated/α-hetero) is 1. The van der Waals surface area contributed by atoms with Crippen LogP contribution >= 0.6 is 0 Å². The predicted molar refractivity (Wildman–Crippen MR) is 100 cm³/mol. The Balaban J connectivity index is 1.65. The summed E-state index contributed by atoms with van der Waals surface area (Å²) in [6.45, 7) is 1.63. The van der Waals surface area contributed by atoms with Crippen molar-refractivity contribution in [2.75, 3.05) is 26.7 Å². The summed E-state index contributed by atoms with van der Waals surface area (Å²) < 4.78 is 32.2. The fraction of sp³-hybridized carbons (Fsp3) is 0.333. The van der Waals surface area contributed by atoms with Gasteiger partial charge < -0.3 is 15.0 Å². The van der Waals surface area contributed by atoms with Crippen LogP contribution in [0.25, 0.3) is 0 Å². The van der Waals surface area contributed by atoms with E-state index in [1.54, 1.807) is 17.0 Å². The summed E-state index contributed by atoms with van der Waals surface area (Å²) in [4.78, 5) is 26.7. The molecule has 3 rings (SSSR count). The smallest absolute Gasteiger partial charge is 0.223 e. The van der Waals surface area contributed by atoms with E-state index in [0.29, 0.717) is 25.2 Å². The number of carbonyl (C=O) groups is 2. The number of rotatable bonds is 6. The number of ketones is 1. The molecule has 148 valence electrons. The Morgan fingerprint density at radius 3 is 2.71 bits per heavy atom. The molecule has 1 amide bonds. The maximum absolute atomic E-state index is 13.8. The molecule has 0 bridgehead atoms. The molecular formula is C21H22F2N2O3. The van der Waals surface area contributed by atoms with Crippen LogP contribution in [0.3, 0.4) is 0 Å². The minimum Gasteiger partial charge on any atom is -0.494 e. The van der Waals surface area contributed by atoms with Gasteiger partial charge in [0.15, 0.2) is 17.3 Å². The zero-order valence-electron chi connectivity index (χ0n) is 15.6. The van der Waals surface area contributed by atoms with E-state index >= 15 is 0 Å². The van der Waals surface area contributed by atoms with Crippen molar-refractivity contribution < 1.29 is 23.1 Å². The Labute approximate surface area is 162 Å². The Bertz CT molecular complexity index is 872. The van der Waals surface area contributed by atoms with Crippen LogP contribution in [0.5, 0.6) is 5.75 Å². The number of hydrogen-bond donors (Lipinski definition) is 1. The summed E-state index contributed by atoms with van der Waals surface area (Å²) in [6.07, 6.45) is -0.0112. The molecule has 7 heteroatoms. The number of nitrogens with one attached hydrogen (secondary N) is 1. The summed E-state index contributed by atoms with van der Waals surface area (Å²) in [5.41, 5.74) is 0.914. The molecule has 0 aliphatic carbocycles. The Morgan fingerprint density at radius 2 is 2.00 bits per heavy atom. The monoisotopic (exact) mass is 388 g/mol. The van der Waals surface area contributed by atoms with E-state index in [4.69, 9.17) is 4.74 Å². The van der Waals surface area contributed by atoms with E-state index in [0.717, 1.165) is 6.07 Å². The highest BCUT2D eigenvalue weighted by molar-refractivity contribution is 5.98. The molecule has 1 aliphatic rings. The van der Waals surface area contributed by atoms with Gasteiger partial charge in [-0.3, -0.25) is 9.59 Å². The lowest BCUT2D eigenvalue weighted by Gasteiger charge is -2.36. The number of amides is 1. The van der Waals surface area contributed by atoms with Crippen LogP contribution in [0.15, 0.2) is 42.5 Å². The third kappa shape index (κ3) is 4.54. The second kappa shape index (κ2) is 8.93. The van der Waals surface area contributed by atoms with Crippen LogP contribution in [0.1, 0.15) is 34.8 Å². The summed E-state index contributed by atoms with van der Waals surface area (Å²) in [5, 5.41) is 3.21. The molecule has 1 fully saturated rings. The molecule has 1 saturated heterocycles. The second-order valence-corrected chi connectivity index (χ2v) is 6.63. The van der Waals surface area contributed by atoms with Gasteiger partial charge in [0.05, 0.1) is 13.2 Å². The molecule has 2 aromatic carbocycles. The van der Waals surface area contributed by atoms with Gasteiger partial charge in [-0.1, -0.05) is 12.1 Å². The molecule has 0 saturated carbocycles. The van der Waals surface area contributed by atoms with Crippen LogP contribution in [-0.2, 0) is 4.79 Å². The summed E-state index contributed by atoms with van der Waals surface area (Å²) in [7, 11) is 1.35. The van der Waals surface area contributed by atoms with Crippen molar-refractivity contribution >= 4 is 11.7 Å². The number of halogens is 2. The number of benzene rings is 2. The van der Waals surface area contributed by atoms with Gasteiger partial charge in [-0.05, 0) is 35.9 Å². The van der Waals surface area contributed by atoms with Crippen molar-refractivity contribution in [3.63, 3.8) is 0 Å². The van der Waals surface area contributed by atoms with E-state index in [1.165, 1.54) is 31.4 Å². The van der Waals surface area contributed by atoms with E-state index in [-0.39, 0.29) is 47.7 Å². The molecule has 0 spiro atoms. The van der Waals surface area contributed by atoms with Crippen LogP contribution in [0, 0.1) is 11.6 Å². The van der Waals surface area contributed by atoms with Crippen LogP contribution < -0.4 is 10.1 Å². The Morgan fingerprint density at radius 1 is 1.18 bits per heavy atom. The number of hydrogen-bond acceptors (Lipinski definition) is 4. The van der Waals surface area contributed by atoms with Gasteiger partial charge in [-0.25, -0.2) is 8.78 Å². The van der Waals surface area contributed by atoms with E-state index < -0.39 is 5.82 Å². The molecule has 1 heterocycles. The molecule has 1 aliphatic heterocycles. The van der Waals surface area contributed by atoms with Crippen LogP contribution in [0.2, 0.25) is 0 Å². The van der Waals surface area contributed by atoms with Crippen molar-refractivity contribution in [3.05, 3.63) is 65.2 Å². The average molecular weight is 388 g/mol.